The number of fused-ring (bicyclic) bond motifs is 2. The van der Waals surface area contributed by atoms with Crippen LogP contribution in [0.2, 0.25) is 0 Å². The van der Waals surface area contributed by atoms with E-state index in [0.29, 0.717) is 11.8 Å². The lowest BCUT2D eigenvalue weighted by Crippen LogP contribution is -2.12. The van der Waals surface area contributed by atoms with Crippen LogP contribution in [0.15, 0.2) is 72.8 Å². The molecule has 2 heterocycles. The van der Waals surface area contributed by atoms with Crippen LogP contribution in [0.25, 0.3) is 21.8 Å². The zero-order chi connectivity index (χ0) is 15.5. The second-order valence-electron chi connectivity index (χ2n) is 5.02. The molecular formula is C18H12BN2O2. The number of pyridine rings is 2. The topological polar surface area (TPSA) is 44.2 Å². The summed E-state index contributed by atoms with van der Waals surface area (Å²) in [4.78, 5) is 8.80. The number of para-hydroxylation sites is 2. The molecule has 1 radical (unpaired) electrons. The summed E-state index contributed by atoms with van der Waals surface area (Å²) in [6.07, 6.45) is 0. The molecule has 2 aromatic carbocycles. The van der Waals surface area contributed by atoms with Gasteiger partial charge in [-0.15, -0.1) is 0 Å². The fraction of sp³-hybridized carbons (Fsp3) is 0. The van der Waals surface area contributed by atoms with Gasteiger partial charge in [-0.25, -0.2) is 9.97 Å². The lowest BCUT2D eigenvalue weighted by atomic mass is 10.2. The summed E-state index contributed by atoms with van der Waals surface area (Å²) < 4.78 is 10.9. The van der Waals surface area contributed by atoms with Gasteiger partial charge in [0.1, 0.15) is 0 Å². The molecule has 0 saturated heterocycles. The molecule has 2 aromatic heterocycles. The van der Waals surface area contributed by atoms with Crippen LogP contribution >= 0.6 is 0 Å². The van der Waals surface area contributed by atoms with Gasteiger partial charge in [-0.3, -0.25) is 0 Å². The monoisotopic (exact) mass is 299 g/mol. The zero-order valence-corrected chi connectivity index (χ0v) is 12.2. The highest BCUT2D eigenvalue weighted by atomic mass is 16.6. The minimum atomic E-state index is 0.476. The van der Waals surface area contributed by atoms with E-state index in [2.05, 4.69) is 9.97 Å². The SMILES string of the molecule is [B](Oc1ccc2ccccc2n1)Oc1ccc2ccccc2n1. The standard InChI is InChI=1S/C18H12BN2O2/c1-3-7-15-13(5-1)9-11-17(20-15)22-19-23-18-12-10-14-6-2-4-8-16(14)21-18/h1-12H. The maximum atomic E-state index is 5.43. The maximum Gasteiger partial charge on any atom is 0.660 e. The van der Waals surface area contributed by atoms with Gasteiger partial charge in [0, 0.05) is 10.8 Å². The Morgan fingerprint density at radius 1 is 0.565 bits per heavy atom. The average molecular weight is 299 g/mol. The molecule has 0 spiro atoms. The zero-order valence-electron chi connectivity index (χ0n) is 12.2. The molecule has 0 N–H and O–H groups in total. The van der Waals surface area contributed by atoms with Gasteiger partial charge in [-0.2, -0.15) is 0 Å². The van der Waals surface area contributed by atoms with Crippen molar-refractivity contribution in [3.63, 3.8) is 0 Å². The summed E-state index contributed by atoms with van der Waals surface area (Å²) in [5.74, 6) is 0.953. The Balaban J connectivity index is 1.45. The van der Waals surface area contributed by atoms with Gasteiger partial charge in [-0.05, 0) is 36.4 Å². The third kappa shape index (κ3) is 2.94. The summed E-state index contributed by atoms with van der Waals surface area (Å²) >= 11 is 0. The summed E-state index contributed by atoms with van der Waals surface area (Å²) in [6, 6.07) is 23.2. The number of hydrogen-bond donors (Lipinski definition) is 0. The first-order valence-corrected chi connectivity index (χ1v) is 7.25. The molecule has 0 unspecified atom stereocenters. The van der Waals surface area contributed by atoms with E-state index in [4.69, 9.17) is 9.31 Å². The summed E-state index contributed by atoms with van der Waals surface area (Å²) in [5.41, 5.74) is 1.75. The molecular weight excluding hydrogens is 287 g/mol. The summed E-state index contributed by atoms with van der Waals surface area (Å²) in [5, 5.41) is 2.13. The smallest absolute Gasteiger partial charge is 0.512 e. The number of aromatic nitrogens is 2. The van der Waals surface area contributed by atoms with Gasteiger partial charge in [0.25, 0.3) is 0 Å². The second kappa shape index (κ2) is 5.97. The second-order valence-corrected chi connectivity index (χ2v) is 5.02. The highest BCUT2D eigenvalue weighted by molar-refractivity contribution is 6.20. The van der Waals surface area contributed by atoms with Gasteiger partial charge in [0.2, 0.25) is 0 Å². The summed E-state index contributed by atoms with van der Waals surface area (Å²) in [7, 11) is 1.24. The van der Waals surface area contributed by atoms with Crippen molar-refractivity contribution in [3.8, 4) is 11.8 Å². The van der Waals surface area contributed by atoms with Crippen molar-refractivity contribution < 1.29 is 9.31 Å². The van der Waals surface area contributed by atoms with Crippen molar-refractivity contribution in [2.75, 3.05) is 0 Å². The molecule has 4 rings (SSSR count). The number of benzene rings is 2. The quantitative estimate of drug-likeness (QED) is 0.538. The van der Waals surface area contributed by atoms with E-state index >= 15 is 0 Å². The average Bonchev–Trinajstić information content (AvgIpc) is 2.61. The molecule has 0 aliphatic carbocycles. The Hall–Kier alpha value is -3.08. The van der Waals surface area contributed by atoms with Crippen LogP contribution in [0.5, 0.6) is 11.8 Å². The molecule has 0 aliphatic heterocycles. The predicted octanol–water partition coefficient (Wildman–Crippen LogP) is 3.78. The molecule has 109 valence electrons. The Labute approximate surface area is 134 Å². The van der Waals surface area contributed by atoms with Crippen LogP contribution in [0.4, 0.5) is 0 Å². The van der Waals surface area contributed by atoms with Crippen molar-refractivity contribution >= 4 is 29.5 Å². The van der Waals surface area contributed by atoms with E-state index in [9.17, 15) is 0 Å². The molecule has 5 heteroatoms. The van der Waals surface area contributed by atoms with E-state index in [0.717, 1.165) is 21.8 Å². The molecule has 0 aliphatic rings. The molecule has 0 amide bonds. The normalized spacial score (nSPS) is 10.6. The van der Waals surface area contributed by atoms with Crippen LogP contribution in [0.3, 0.4) is 0 Å². The fourth-order valence-corrected chi connectivity index (χ4v) is 2.35. The van der Waals surface area contributed by atoms with Crippen LogP contribution in [-0.2, 0) is 0 Å². The Kier molecular flexibility index (Phi) is 3.52. The predicted molar refractivity (Wildman–Crippen MR) is 90.5 cm³/mol. The molecule has 4 aromatic rings. The minimum absolute atomic E-state index is 0.476. The third-order valence-corrected chi connectivity index (χ3v) is 3.48. The van der Waals surface area contributed by atoms with Gasteiger partial charge < -0.3 is 9.31 Å². The largest absolute Gasteiger partial charge is 0.660 e. The highest BCUT2D eigenvalue weighted by Crippen LogP contribution is 2.17. The molecule has 0 fully saturated rings. The van der Waals surface area contributed by atoms with Crippen molar-refractivity contribution in [2.45, 2.75) is 0 Å². The van der Waals surface area contributed by atoms with Crippen LogP contribution < -0.4 is 9.31 Å². The van der Waals surface area contributed by atoms with Gasteiger partial charge in [0.05, 0.1) is 11.0 Å². The third-order valence-electron chi connectivity index (χ3n) is 3.48. The Morgan fingerprint density at radius 3 is 1.57 bits per heavy atom. The fourth-order valence-electron chi connectivity index (χ4n) is 2.35. The van der Waals surface area contributed by atoms with Crippen molar-refractivity contribution in [2.24, 2.45) is 0 Å². The summed E-state index contributed by atoms with van der Waals surface area (Å²) in [6.45, 7) is 0. The van der Waals surface area contributed by atoms with Crippen molar-refractivity contribution in [1.82, 2.24) is 9.97 Å². The maximum absolute atomic E-state index is 5.43. The Bertz CT molecular complexity index is 896. The van der Waals surface area contributed by atoms with Crippen LogP contribution in [0.1, 0.15) is 0 Å². The Morgan fingerprint density at radius 2 is 1.04 bits per heavy atom. The van der Waals surface area contributed by atoms with Crippen molar-refractivity contribution in [1.29, 1.82) is 0 Å². The number of rotatable bonds is 4. The number of nitrogens with zero attached hydrogens (tertiary/aromatic N) is 2. The van der Waals surface area contributed by atoms with E-state index in [1.165, 1.54) is 7.69 Å². The first kappa shape index (κ1) is 13.6. The van der Waals surface area contributed by atoms with E-state index < -0.39 is 0 Å². The van der Waals surface area contributed by atoms with Crippen molar-refractivity contribution in [3.05, 3.63) is 72.8 Å². The highest BCUT2D eigenvalue weighted by Gasteiger charge is 2.05. The molecule has 0 bridgehead atoms. The lowest BCUT2D eigenvalue weighted by Gasteiger charge is -2.06. The lowest BCUT2D eigenvalue weighted by molar-refractivity contribution is 0.441. The minimum Gasteiger partial charge on any atom is -0.512 e. The first-order valence-electron chi connectivity index (χ1n) is 7.25. The molecule has 4 nitrogen and oxygen atoms in total. The van der Waals surface area contributed by atoms with Crippen LogP contribution in [0, 0.1) is 0 Å². The van der Waals surface area contributed by atoms with E-state index in [1.54, 1.807) is 12.1 Å². The molecule has 23 heavy (non-hydrogen) atoms. The molecule has 0 atom stereocenters. The van der Waals surface area contributed by atoms with Gasteiger partial charge in [0.15, 0.2) is 11.8 Å². The first-order chi connectivity index (χ1) is 11.4. The van der Waals surface area contributed by atoms with E-state index in [1.807, 2.05) is 60.7 Å². The van der Waals surface area contributed by atoms with Gasteiger partial charge in [-0.1, -0.05) is 36.4 Å². The van der Waals surface area contributed by atoms with E-state index in [-0.39, 0.29) is 0 Å². The van der Waals surface area contributed by atoms with Crippen LogP contribution in [-0.4, -0.2) is 17.7 Å². The van der Waals surface area contributed by atoms with Gasteiger partial charge >= 0.3 is 7.69 Å². The number of hydrogen-bond acceptors (Lipinski definition) is 4. The molecule has 0 saturated carbocycles.